The second-order valence-corrected chi connectivity index (χ2v) is 8.42. The van der Waals surface area contributed by atoms with E-state index in [1.54, 1.807) is 24.3 Å². The van der Waals surface area contributed by atoms with E-state index < -0.39 is 21.3 Å². The zero-order valence-electron chi connectivity index (χ0n) is 12.1. The molecule has 0 amide bonds. The van der Waals surface area contributed by atoms with Gasteiger partial charge in [0, 0.05) is 0 Å². The lowest BCUT2D eigenvalue weighted by Crippen LogP contribution is -2.49. The van der Waals surface area contributed by atoms with Crippen molar-refractivity contribution >= 4 is 10.1 Å². The molecule has 0 heterocycles. The number of hydrogen-bond donors (Lipinski definition) is 1. The van der Waals surface area contributed by atoms with Crippen molar-refractivity contribution in [2.45, 2.75) is 55.1 Å². The molecule has 4 rings (SSSR count). The van der Waals surface area contributed by atoms with Gasteiger partial charge >= 0.3 is 0 Å². The Morgan fingerprint density at radius 2 is 1.81 bits per heavy atom. The normalized spacial score (nSPS) is 40.9. The number of benzene rings is 1. The van der Waals surface area contributed by atoms with Crippen LogP contribution in [0.5, 0.6) is 0 Å². The molecule has 4 atom stereocenters. The molecule has 21 heavy (non-hydrogen) atoms. The molecule has 1 aromatic carbocycles. The molecular formula is C16H20O4S. The van der Waals surface area contributed by atoms with E-state index >= 15 is 0 Å². The first-order valence-electron chi connectivity index (χ1n) is 7.62. The molecule has 3 saturated carbocycles. The third-order valence-electron chi connectivity index (χ3n) is 5.94. The van der Waals surface area contributed by atoms with Crippen molar-refractivity contribution in [1.82, 2.24) is 0 Å². The fourth-order valence-electron chi connectivity index (χ4n) is 4.89. The van der Waals surface area contributed by atoms with Gasteiger partial charge in [-0.05, 0) is 63.0 Å². The lowest BCUT2D eigenvalue weighted by atomic mass is 9.84. The average Bonchev–Trinajstić information content (AvgIpc) is 2.94. The van der Waals surface area contributed by atoms with Crippen LogP contribution >= 0.6 is 0 Å². The summed E-state index contributed by atoms with van der Waals surface area (Å²) in [5, 5.41) is 11.0. The van der Waals surface area contributed by atoms with Gasteiger partial charge in [0.25, 0.3) is 10.1 Å². The van der Waals surface area contributed by atoms with E-state index in [1.807, 2.05) is 6.92 Å². The summed E-state index contributed by atoms with van der Waals surface area (Å²) >= 11 is 0. The zero-order valence-corrected chi connectivity index (χ0v) is 12.9. The quantitative estimate of drug-likeness (QED) is 0.871. The molecule has 3 aliphatic rings. The Hall–Kier alpha value is -0.910. The molecular weight excluding hydrogens is 288 g/mol. The van der Waals surface area contributed by atoms with Gasteiger partial charge in [-0.25, -0.2) is 0 Å². The molecule has 0 aromatic heterocycles. The summed E-state index contributed by atoms with van der Waals surface area (Å²) in [5.41, 5.74) is -0.802. The lowest BCUT2D eigenvalue weighted by molar-refractivity contribution is -0.0922. The molecule has 3 aliphatic carbocycles. The van der Waals surface area contributed by atoms with Crippen molar-refractivity contribution in [3.05, 3.63) is 29.8 Å². The van der Waals surface area contributed by atoms with Crippen LogP contribution in [0.3, 0.4) is 0 Å². The summed E-state index contributed by atoms with van der Waals surface area (Å²) in [6.45, 7) is 1.91. The second-order valence-electron chi connectivity index (χ2n) is 6.87. The minimum Gasteiger partial charge on any atom is -0.387 e. The van der Waals surface area contributed by atoms with Crippen LogP contribution in [0.2, 0.25) is 0 Å². The number of hydrogen-bond acceptors (Lipinski definition) is 4. The molecule has 1 N–H and O–H groups in total. The summed E-state index contributed by atoms with van der Waals surface area (Å²) in [6, 6.07) is 6.69. The molecule has 114 valence electrons. The largest absolute Gasteiger partial charge is 0.387 e. The summed E-state index contributed by atoms with van der Waals surface area (Å²) in [6.07, 6.45) is 3.97. The topological polar surface area (TPSA) is 63.6 Å². The maximum atomic E-state index is 12.6. The van der Waals surface area contributed by atoms with Gasteiger partial charge in [-0.3, -0.25) is 4.18 Å². The maximum absolute atomic E-state index is 12.6. The third-order valence-corrected chi connectivity index (χ3v) is 7.31. The molecule has 0 unspecified atom stereocenters. The van der Waals surface area contributed by atoms with Crippen LogP contribution in [0.4, 0.5) is 0 Å². The first-order valence-corrected chi connectivity index (χ1v) is 9.03. The highest BCUT2D eigenvalue weighted by molar-refractivity contribution is 7.86. The van der Waals surface area contributed by atoms with Gasteiger partial charge in [-0.15, -0.1) is 0 Å². The zero-order chi connectivity index (χ0) is 14.9. The highest BCUT2D eigenvalue weighted by Crippen LogP contribution is 2.68. The lowest BCUT2D eigenvalue weighted by Gasteiger charge is -2.35. The van der Waals surface area contributed by atoms with Gasteiger partial charge in [-0.1, -0.05) is 17.7 Å². The van der Waals surface area contributed by atoms with Crippen LogP contribution in [0.25, 0.3) is 0 Å². The van der Waals surface area contributed by atoms with Crippen molar-refractivity contribution in [2.24, 2.45) is 11.8 Å². The van der Waals surface area contributed by atoms with Crippen LogP contribution < -0.4 is 0 Å². The Balaban J connectivity index is 1.71. The highest BCUT2D eigenvalue weighted by atomic mass is 32.2. The van der Waals surface area contributed by atoms with E-state index in [0.717, 1.165) is 24.8 Å². The average molecular weight is 308 g/mol. The van der Waals surface area contributed by atoms with Crippen LogP contribution in [0.1, 0.15) is 37.7 Å². The number of aryl methyl sites for hydroxylation is 1. The second kappa shape index (κ2) is 4.09. The smallest absolute Gasteiger partial charge is 0.297 e. The van der Waals surface area contributed by atoms with Gasteiger partial charge in [0.2, 0.25) is 0 Å². The molecule has 1 aromatic rings. The molecule has 0 radical (unpaired) electrons. The predicted octanol–water partition coefficient (Wildman–Crippen LogP) is 2.39. The summed E-state index contributed by atoms with van der Waals surface area (Å²) < 4.78 is 30.9. The summed E-state index contributed by atoms with van der Waals surface area (Å²) in [4.78, 5) is 0.181. The van der Waals surface area contributed by atoms with Gasteiger partial charge in [0.15, 0.2) is 0 Å². The molecule has 0 saturated heterocycles. The fraction of sp³-hybridized carbons (Fsp3) is 0.625. The van der Waals surface area contributed by atoms with Crippen molar-refractivity contribution in [1.29, 1.82) is 0 Å². The van der Waals surface area contributed by atoms with Crippen LogP contribution in [-0.2, 0) is 14.3 Å². The van der Waals surface area contributed by atoms with E-state index in [4.69, 9.17) is 4.18 Å². The third kappa shape index (κ3) is 1.65. The van der Waals surface area contributed by atoms with Crippen LogP contribution in [-0.4, -0.2) is 24.7 Å². The van der Waals surface area contributed by atoms with Gasteiger partial charge in [-0.2, -0.15) is 8.42 Å². The monoisotopic (exact) mass is 308 g/mol. The van der Waals surface area contributed by atoms with E-state index in [0.29, 0.717) is 12.8 Å². The van der Waals surface area contributed by atoms with Crippen molar-refractivity contribution in [3.8, 4) is 0 Å². The molecule has 5 heteroatoms. The Morgan fingerprint density at radius 3 is 2.43 bits per heavy atom. The molecule has 0 aliphatic heterocycles. The first kappa shape index (κ1) is 13.7. The highest BCUT2D eigenvalue weighted by Gasteiger charge is 2.74. The van der Waals surface area contributed by atoms with Crippen molar-refractivity contribution < 1.29 is 17.7 Å². The Morgan fingerprint density at radius 1 is 1.14 bits per heavy atom. The SMILES string of the molecule is Cc1ccc(S(=O)(=O)O[C@]23CC[C@@H]4C[C@H]2CC[C@@]43O)cc1. The van der Waals surface area contributed by atoms with Crippen LogP contribution in [0.15, 0.2) is 29.2 Å². The Labute approximate surface area is 125 Å². The minimum atomic E-state index is -3.83. The molecule has 0 spiro atoms. The van der Waals surface area contributed by atoms with Gasteiger partial charge in [0.1, 0.15) is 5.60 Å². The first-order chi connectivity index (χ1) is 9.87. The van der Waals surface area contributed by atoms with Gasteiger partial charge < -0.3 is 5.11 Å². The Bertz CT molecular complexity index is 681. The van der Waals surface area contributed by atoms with E-state index in [9.17, 15) is 13.5 Å². The Kier molecular flexibility index (Phi) is 2.67. The maximum Gasteiger partial charge on any atom is 0.297 e. The number of aliphatic hydroxyl groups is 1. The summed E-state index contributed by atoms with van der Waals surface area (Å²) in [7, 11) is -3.83. The number of rotatable bonds is 3. The molecule has 4 nitrogen and oxygen atoms in total. The van der Waals surface area contributed by atoms with Crippen molar-refractivity contribution in [3.63, 3.8) is 0 Å². The van der Waals surface area contributed by atoms with Crippen LogP contribution in [0, 0.1) is 18.8 Å². The van der Waals surface area contributed by atoms with E-state index in [-0.39, 0.29) is 16.7 Å². The van der Waals surface area contributed by atoms with E-state index in [1.165, 1.54) is 0 Å². The fourth-order valence-corrected chi connectivity index (χ4v) is 6.21. The van der Waals surface area contributed by atoms with E-state index in [2.05, 4.69) is 0 Å². The standard InChI is InChI=1S/C16H20O4S/c1-11-2-4-14(5-3-11)21(18,19)20-16-9-7-12-10-13(16)6-8-15(12,16)17/h2-5,12-13,17H,6-10H2,1H3/t12-,13-,15-,16-/m1/s1. The predicted molar refractivity (Wildman–Crippen MR) is 77.2 cm³/mol. The van der Waals surface area contributed by atoms with Gasteiger partial charge in [0.05, 0.1) is 10.5 Å². The molecule has 4 bridgehead atoms. The summed E-state index contributed by atoms with van der Waals surface area (Å²) in [5.74, 6) is 0.394. The van der Waals surface area contributed by atoms with Crippen molar-refractivity contribution in [2.75, 3.05) is 0 Å². The molecule has 3 fully saturated rings. The minimum absolute atomic E-state index is 0.181.